The highest BCUT2D eigenvalue weighted by molar-refractivity contribution is 7.18. The standard InChI is InChI=1S/C19H21N3OS2/c1-13-14-8-10-24-16(14)7-9-22(13)12-19(23)21(2)11-18-20-15-5-3-4-6-17(15)25-18/h3-6,8,10,13H,7,9,11-12H2,1-2H3/t13-/m1/s1. The predicted octanol–water partition coefficient (Wildman–Crippen LogP) is 3.94. The summed E-state index contributed by atoms with van der Waals surface area (Å²) in [5.41, 5.74) is 2.40. The molecule has 6 heteroatoms. The quantitative estimate of drug-likeness (QED) is 0.697. The highest BCUT2D eigenvalue weighted by Gasteiger charge is 2.27. The van der Waals surface area contributed by atoms with Crippen molar-refractivity contribution in [2.24, 2.45) is 0 Å². The molecule has 2 aromatic heterocycles. The minimum absolute atomic E-state index is 0.157. The Kier molecular flexibility index (Phi) is 4.58. The van der Waals surface area contributed by atoms with Gasteiger partial charge in [0.2, 0.25) is 5.91 Å². The lowest BCUT2D eigenvalue weighted by Gasteiger charge is -2.34. The van der Waals surface area contributed by atoms with Gasteiger partial charge in [0.25, 0.3) is 0 Å². The number of thiophene rings is 1. The highest BCUT2D eigenvalue weighted by atomic mass is 32.1. The van der Waals surface area contributed by atoms with Gasteiger partial charge in [0.1, 0.15) is 5.01 Å². The van der Waals surface area contributed by atoms with E-state index in [0.29, 0.717) is 19.1 Å². The van der Waals surface area contributed by atoms with E-state index in [1.54, 1.807) is 16.2 Å². The lowest BCUT2D eigenvalue weighted by atomic mass is 10.0. The summed E-state index contributed by atoms with van der Waals surface area (Å²) in [6, 6.07) is 10.6. The predicted molar refractivity (Wildman–Crippen MR) is 104 cm³/mol. The van der Waals surface area contributed by atoms with Crippen LogP contribution in [0.3, 0.4) is 0 Å². The molecule has 1 aromatic carbocycles. The summed E-state index contributed by atoms with van der Waals surface area (Å²) in [7, 11) is 1.87. The van der Waals surface area contributed by atoms with Crippen molar-refractivity contribution < 1.29 is 4.79 Å². The average Bonchev–Trinajstić information content (AvgIpc) is 3.23. The van der Waals surface area contributed by atoms with Crippen LogP contribution in [-0.4, -0.2) is 40.8 Å². The first-order valence-electron chi connectivity index (χ1n) is 8.50. The van der Waals surface area contributed by atoms with Crippen molar-refractivity contribution in [1.29, 1.82) is 0 Å². The topological polar surface area (TPSA) is 36.4 Å². The Hall–Kier alpha value is -1.76. The third-order valence-corrected chi connectivity index (χ3v) is 6.90. The maximum Gasteiger partial charge on any atom is 0.236 e. The van der Waals surface area contributed by atoms with Gasteiger partial charge in [0.05, 0.1) is 23.3 Å². The largest absolute Gasteiger partial charge is 0.338 e. The summed E-state index contributed by atoms with van der Waals surface area (Å²) < 4.78 is 1.17. The molecule has 0 aliphatic carbocycles. The zero-order valence-corrected chi connectivity index (χ0v) is 16.1. The van der Waals surface area contributed by atoms with E-state index in [0.717, 1.165) is 23.5 Å². The van der Waals surface area contributed by atoms with Gasteiger partial charge in [-0.25, -0.2) is 4.98 Å². The second-order valence-corrected chi connectivity index (χ2v) is 8.64. The summed E-state index contributed by atoms with van der Waals surface area (Å²) in [6.45, 7) is 4.20. The van der Waals surface area contributed by atoms with Crippen molar-refractivity contribution in [2.75, 3.05) is 20.1 Å². The first-order valence-corrected chi connectivity index (χ1v) is 10.2. The monoisotopic (exact) mass is 371 g/mol. The molecule has 0 bridgehead atoms. The molecule has 0 N–H and O–H groups in total. The highest BCUT2D eigenvalue weighted by Crippen LogP contribution is 2.32. The molecule has 4 rings (SSSR count). The van der Waals surface area contributed by atoms with Crippen molar-refractivity contribution in [3.63, 3.8) is 0 Å². The van der Waals surface area contributed by atoms with E-state index >= 15 is 0 Å². The van der Waals surface area contributed by atoms with Gasteiger partial charge < -0.3 is 4.90 Å². The van der Waals surface area contributed by atoms with E-state index < -0.39 is 0 Å². The maximum atomic E-state index is 12.7. The molecule has 3 aromatic rings. The SMILES string of the molecule is C[C@@H]1c2ccsc2CCN1CC(=O)N(C)Cc1nc2ccccc2s1. The van der Waals surface area contributed by atoms with Crippen LogP contribution < -0.4 is 0 Å². The third kappa shape index (κ3) is 3.34. The summed E-state index contributed by atoms with van der Waals surface area (Å²) in [5.74, 6) is 0.157. The summed E-state index contributed by atoms with van der Waals surface area (Å²) in [4.78, 5) is 22.9. The fraction of sp³-hybridized carbons (Fsp3) is 0.368. The molecule has 0 unspecified atom stereocenters. The Balaban J connectivity index is 1.41. The van der Waals surface area contributed by atoms with Gasteiger partial charge in [-0.3, -0.25) is 9.69 Å². The van der Waals surface area contributed by atoms with Crippen LogP contribution in [0.15, 0.2) is 35.7 Å². The molecule has 1 aliphatic rings. The number of rotatable bonds is 4. The number of fused-ring (bicyclic) bond motifs is 2. The van der Waals surface area contributed by atoms with Crippen molar-refractivity contribution in [3.8, 4) is 0 Å². The number of carbonyl (C=O) groups excluding carboxylic acids is 1. The van der Waals surface area contributed by atoms with Gasteiger partial charge in [-0.2, -0.15) is 0 Å². The van der Waals surface area contributed by atoms with E-state index in [-0.39, 0.29) is 5.91 Å². The molecule has 3 heterocycles. The smallest absolute Gasteiger partial charge is 0.236 e. The number of aromatic nitrogens is 1. The van der Waals surface area contributed by atoms with Crippen LogP contribution in [0.5, 0.6) is 0 Å². The Morgan fingerprint density at radius 2 is 2.20 bits per heavy atom. The lowest BCUT2D eigenvalue weighted by molar-refractivity contribution is -0.132. The van der Waals surface area contributed by atoms with Crippen molar-refractivity contribution in [3.05, 3.63) is 51.2 Å². The first-order chi connectivity index (χ1) is 12.1. The number of hydrogen-bond acceptors (Lipinski definition) is 5. The molecule has 1 amide bonds. The second-order valence-electron chi connectivity index (χ2n) is 6.52. The molecular formula is C19H21N3OS2. The van der Waals surface area contributed by atoms with Crippen LogP contribution in [0, 0.1) is 0 Å². The van der Waals surface area contributed by atoms with Crippen molar-refractivity contribution in [2.45, 2.75) is 25.9 Å². The number of nitrogens with zero attached hydrogens (tertiary/aromatic N) is 3. The molecule has 1 atom stereocenters. The molecule has 4 nitrogen and oxygen atoms in total. The van der Waals surface area contributed by atoms with Crippen molar-refractivity contribution in [1.82, 2.24) is 14.8 Å². The van der Waals surface area contributed by atoms with E-state index in [1.807, 2.05) is 36.6 Å². The first kappa shape index (κ1) is 16.7. The molecule has 25 heavy (non-hydrogen) atoms. The second kappa shape index (κ2) is 6.86. The molecule has 130 valence electrons. The summed E-state index contributed by atoms with van der Waals surface area (Å²) >= 11 is 3.50. The van der Waals surface area contributed by atoms with Crippen LogP contribution in [0.25, 0.3) is 10.2 Å². The summed E-state index contributed by atoms with van der Waals surface area (Å²) in [5, 5.41) is 3.15. The normalized spacial score (nSPS) is 17.6. The van der Waals surface area contributed by atoms with Gasteiger partial charge in [-0.1, -0.05) is 12.1 Å². The van der Waals surface area contributed by atoms with Gasteiger partial charge in [0.15, 0.2) is 0 Å². The van der Waals surface area contributed by atoms with E-state index in [4.69, 9.17) is 0 Å². The molecule has 0 saturated carbocycles. The minimum Gasteiger partial charge on any atom is -0.338 e. The number of para-hydroxylation sites is 1. The molecule has 0 spiro atoms. The number of benzene rings is 1. The van der Waals surface area contributed by atoms with Gasteiger partial charge >= 0.3 is 0 Å². The average molecular weight is 372 g/mol. The molecule has 0 saturated heterocycles. The van der Waals surface area contributed by atoms with Gasteiger partial charge in [-0.15, -0.1) is 22.7 Å². The van der Waals surface area contributed by atoms with E-state index in [2.05, 4.69) is 34.3 Å². The van der Waals surface area contributed by atoms with E-state index in [1.165, 1.54) is 15.1 Å². The van der Waals surface area contributed by atoms with Gasteiger partial charge in [-0.05, 0) is 42.5 Å². The number of thiazole rings is 1. The molecular weight excluding hydrogens is 350 g/mol. The van der Waals surface area contributed by atoms with Crippen LogP contribution in [0.4, 0.5) is 0 Å². The fourth-order valence-electron chi connectivity index (χ4n) is 3.35. The van der Waals surface area contributed by atoms with Gasteiger partial charge in [0, 0.05) is 24.5 Å². The van der Waals surface area contributed by atoms with Crippen molar-refractivity contribution >= 4 is 38.8 Å². The van der Waals surface area contributed by atoms with Crippen LogP contribution >= 0.6 is 22.7 Å². The van der Waals surface area contributed by atoms with Crippen LogP contribution in [0.1, 0.15) is 28.4 Å². The molecule has 0 fully saturated rings. The zero-order valence-electron chi connectivity index (χ0n) is 14.4. The fourth-order valence-corrected chi connectivity index (χ4v) is 5.33. The number of hydrogen-bond donors (Lipinski definition) is 0. The van der Waals surface area contributed by atoms with Crippen LogP contribution in [-0.2, 0) is 17.8 Å². The molecule has 1 aliphatic heterocycles. The maximum absolute atomic E-state index is 12.7. The minimum atomic E-state index is 0.157. The number of amides is 1. The van der Waals surface area contributed by atoms with Crippen LogP contribution in [0.2, 0.25) is 0 Å². The Bertz CT molecular complexity index is 868. The number of likely N-dealkylation sites (N-methyl/N-ethyl adjacent to an activating group) is 1. The Morgan fingerprint density at radius 1 is 1.36 bits per heavy atom. The van der Waals surface area contributed by atoms with E-state index in [9.17, 15) is 4.79 Å². The summed E-state index contributed by atoms with van der Waals surface area (Å²) in [6.07, 6.45) is 1.05. The third-order valence-electron chi connectivity index (χ3n) is 4.88. The number of carbonyl (C=O) groups is 1. The molecule has 0 radical (unpaired) electrons. The lowest BCUT2D eigenvalue weighted by Crippen LogP contribution is -2.41. The zero-order chi connectivity index (χ0) is 17.4. The Labute approximate surface area is 155 Å². The Morgan fingerprint density at radius 3 is 3.04 bits per heavy atom.